The van der Waals surface area contributed by atoms with Gasteiger partial charge in [0.25, 0.3) is 0 Å². The molecule has 0 amide bonds. The van der Waals surface area contributed by atoms with Crippen LogP contribution in [0.25, 0.3) is 61.3 Å². The van der Waals surface area contributed by atoms with E-state index in [-0.39, 0.29) is 5.92 Å². The molecule has 0 bridgehead atoms. The van der Waals surface area contributed by atoms with Gasteiger partial charge in [-0.05, 0) is 77.9 Å². The number of benzene rings is 5. The van der Waals surface area contributed by atoms with E-state index >= 15 is 0 Å². The van der Waals surface area contributed by atoms with Crippen LogP contribution in [0.3, 0.4) is 0 Å². The molecule has 3 nitrogen and oxygen atoms in total. The molecule has 2 aromatic heterocycles. The van der Waals surface area contributed by atoms with Crippen LogP contribution in [-0.4, -0.2) is 9.13 Å². The van der Waals surface area contributed by atoms with Crippen molar-refractivity contribution in [2.45, 2.75) is 25.7 Å². The predicted molar refractivity (Wildman–Crippen MR) is 195 cm³/mol. The molecule has 7 aromatic rings. The predicted octanol–water partition coefficient (Wildman–Crippen LogP) is 11.1. The summed E-state index contributed by atoms with van der Waals surface area (Å²) in [6.07, 6.45) is 10.9. The number of aromatic nitrogens is 2. The highest BCUT2D eigenvalue weighted by Crippen LogP contribution is 2.42. The number of para-hydroxylation sites is 3. The summed E-state index contributed by atoms with van der Waals surface area (Å²) in [5.74, 6) is 0.539. The number of hydrogen-bond acceptors (Lipinski definition) is 1. The highest BCUT2D eigenvalue weighted by molar-refractivity contribution is 6.09. The van der Waals surface area contributed by atoms with Gasteiger partial charge >= 0.3 is 0 Å². The van der Waals surface area contributed by atoms with Crippen LogP contribution in [0.5, 0.6) is 0 Å². The Bertz CT molecular complexity index is 2450. The van der Waals surface area contributed by atoms with Gasteiger partial charge in [-0.15, -0.1) is 0 Å². The van der Waals surface area contributed by atoms with Gasteiger partial charge in [0, 0.05) is 50.3 Å². The third kappa shape index (κ3) is 4.33. The first-order chi connectivity index (χ1) is 23.2. The summed E-state index contributed by atoms with van der Waals surface area (Å²) in [5.41, 5.74) is 13.2. The molecule has 0 aliphatic heterocycles. The van der Waals surface area contributed by atoms with E-state index in [1.165, 1.54) is 66.4 Å². The fraction of sp³-hybridized carbons (Fsp3) is 0.114. The van der Waals surface area contributed by atoms with Crippen LogP contribution in [0.1, 0.15) is 36.1 Å². The topological polar surface area (TPSA) is 33.6 Å². The minimum atomic E-state index is 0.203. The number of fused-ring (bicyclic) bond motifs is 6. The minimum absolute atomic E-state index is 0.203. The van der Waals surface area contributed by atoms with Crippen molar-refractivity contribution >= 4 is 44.5 Å². The van der Waals surface area contributed by atoms with E-state index in [0.717, 1.165) is 24.1 Å². The summed E-state index contributed by atoms with van der Waals surface area (Å²) in [5, 5.41) is 13.4. The third-order valence-electron chi connectivity index (χ3n) is 10.2. The molecule has 0 saturated carbocycles. The summed E-state index contributed by atoms with van der Waals surface area (Å²) in [6.45, 7) is 2.32. The molecule has 0 radical (unpaired) electrons. The molecule has 5 aromatic carbocycles. The van der Waals surface area contributed by atoms with Crippen molar-refractivity contribution in [1.82, 2.24) is 9.13 Å². The zero-order valence-corrected chi connectivity index (χ0v) is 26.3. The van der Waals surface area contributed by atoms with Crippen LogP contribution < -0.4 is 0 Å². The quantitative estimate of drug-likeness (QED) is 0.197. The summed E-state index contributed by atoms with van der Waals surface area (Å²) in [7, 11) is 0. The molecule has 0 N–H and O–H groups in total. The van der Waals surface area contributed by atoms with Gasteiger partial charge in [0.05, 0.1) is 22.6 Å². The molecule has 0 spiro atoms. The molecule has 47 heavy (non-hydrogen) atoms. The van der Waals surface area contributed by atoms with Gasteiger partial charge in [0.2, 0.25) is 0 Å². The second-order valence-corrected chi connectivity index (χ2v) is 12.8. The molecule has 2 aliphatic rings. The maximum Gasteiger partial charge on any atom is 0.0947 e. The maximum atomic E-state index is 9.67. The normalized spacial score (nSPS) is 17.4. The number of hydrogen-bond donors (Lipinski definition) is 0. The van der Waals surface area contributed by atoms with Crippen molar-refractivity contribution in [2.75, 3.05) is 0 Å². The fourth-order valence-corrected chi connectivity index (χ4v) is 7.96. The van der Waals surface area contributed by atoms with E-state index in [9.17, 15) is 5.26 Å². The van der Waals surface area contributed by atoms with E-state index < -0.39 is 0 Å². The lowest BCUT2D eigenvalue weighted by Crippen LogP contribution is -2.14. The van der Waals surface area contributed by atoms with Crippen LogP contribution in [0, 0.1) is 17.2 Å². The van der Waals surface area contributed by atoms with Gasteiger partial charge in [-0.2, -0.15) is 5.26 Å². The van der Waals surface area contributed by atoms with Crippen molar-refractivity contribution in [1.29, 1.82) is 5.26 Å². The van der Waals surface area contributed by atoms with Gasteiger partial charge in [0.15, 0.2) is 0 Å². The summed E-state index contributed by atoms with van der Waals surface area (Å²) in [6, 6.07) is 46.3. The Hall–Kier alpha value is -5.85. The zero-order valence-electron chi connectivity index (χ0n) is 26.3. The van der Waals surface area contributed by atoms with Crippen LogP contribution in [-0.2, 0) is 6.42 Å². The second kappa shape index (κ2) is 10.9. The number of allylic oxidation sites excluding steroid dienone is 5. The third-order valence-corrected chi connectivity index (χ3v) is 10.2. The van der Waals surface area contributed by atoms with Crippen molar-refractivity contribution in [3.8, 4) is 22.9 Å². The van der Waals surface area contributed by atoms with E-state index in [1.54, 1.807) is 0 Å². The molecule has 2 atom stereocenters. The monoisotopic (exact) mass is 603 g/mol. The maximum absolute atomic E-state index is 9.67. The fourth-order valence-electron chi connectivity index (χ4n) is 7.96. The number of nitriles is 1. The first-order valence-corrected chi connectivity index (χ1v) is 16.5. The molecule has 0 fully saturated rings. The lowest BCUT2D eigenvalue weighted by atomic mass is 9.80. The number of rotatable bonds is 4. The van der Waals surface area contributed by atoms with Crippen molar-refractivity contribution < 1.29 is 0 Å². The van der Waals surface area contributed by atoms with Crippen molar-refractivity contribution in [3.63, 3.8) is 0 Å². The molecule has 224 valence electrons. The molecule has 9 rings (SSSR count). The molecule has 0 saturated heterocycles. The Morgan fingerprint density at radius 1 is 0.681 bits per heavy atom. The van der Waals surface area contributed by atoms with E-state index in [1.807, 2.05) is 0 Å². The first kappa shape index (κ1) is 27.5. The molecular formula is C44H33N3. The van der Waals surface area contributed by atoms with Gasteiger partial charge in [-0.25, -0.2) is 0 Å². The molecular weight excluding hydrogens is 571 g/mol. The molecule has 2 heterocycles. The van der Waals surface area contributed by atoms with Gasteiger partial charge in [-0.3, -0.25) is 0 Å². The Morgan fingerprint density at radius 3 is 2.09 bits per heavy atom. The largest absolute Gasteiger partial charge is 0.313 e. The van der Waals surface area contributed by atoms with Gasteiger partial charge in [0.1, 0.15) is 0 Å². The Labute approximate surface area is 274 Å². The van der Waals surface area contributed by atoms with E-state index in [0.29, 0.717) is 5.92 Å². The van der Waals surface area contributed by atoms with Gasteiger partial charge in [-0.1, -0.05) is 110 Å². The Balaban J connectivity index is 1.18. The van der Waals surface area contributed by atoms with Gasteiger partial charge < -0.3 is 9.13 Å². The van der Waals surface area contributed by atoms with Crippen molar-refractivity contribution in [2.24, 2.45) is 5.92 Å². The van der Waals surface area contributed by atoms with E-state index in [2.05, 4.69) is 168 Å². The summed E-state index contributed by atoms with van der Waals surface area (Å²) < 4.78 is 4.84. The molecule has 3 heteroatoms. The minimum Gasteiger partial charge on any atom is -0.313 e. The summed E-state index contributed by atoms with van der Waals surface area (Å²) in [4.78, 5) is 0. The second-order valence-electron chi connectivity index (χ2n) is 12.8. The van der Waals surface area contributed by atoms with Crippen molar-refractivity contribution in [3.05, 3.63) is 162 Å². The van der Waals surface area contributed by atoms with Crippen LogP contribution in [0.4, 0.5) is 0 Å². The van der Waals surface area contributed by atoms with Crippen LogP contribution in [0.2, 0.25) is 0 Å². The summed E-state index contributed by atoms with van der Waals surface area (Å²) >= 11 is 0. The average molecular weight is 604 g/mol. The number of nitrogens with zero attached hydrogens (tertiary/aromatic N) is 3. The smallest absolute Gasteiger partial charge is 0.0947 e. The SMILES string of the molecule is CC1C=CC(n2c3c(c4ccccc42)C=C(C#N)CC3)=CC1c1ccccc1-c1cccc(-n2c3ccccc3c3ccccc32)c1. The Morgan fingerprint density at radius 2 is 1.34 bits per heavy atom. The molecule has 2 aliphatic carbocycles. The molecule has 2 unspecified atom stereocenters. The van der Waals surface area contributed by atoms with Crippen LogP contribution in [0.15, 0.2) is 145 Å². The van der Waals surface area contributed by atoms with Crippen LogP contribution >= 0.6 is 0 Å². The highest BCUT2D eigenvalue weighted by atomic mass is 15.0. The standard InChI is InChI=1S/C44H33N3/c1-29-21-23-33(47-43-20-9-6-17-38(43)40-25-30(28-45)22-24-44(40)47)27-39(29)35-14-3-2-13-34(35)31-11-10-12-32(26-31)46-41-18-7-4-15-36(41)37-16-5-8-19-42(37)46/h2-21,23,25-27,29,39H,22,24H2,1H3. The highest BCUT2D eigenvalue weighted by Gasteiger charge is 2.26. The Kier molecular flexibility index (Phi) is 6.37. The first-order valence-electron chi connectivity index (χ1n) is 16.5. The lowest BCUT2D eigenvalue weighted by Gasteiger charge is -2.27. The van der Waals surface area contributed by atoms with E-state index in [4.69, 9.17) is 0 Å². The average Bonchev–Trinajstić information content (AvgIpc) is 3.65. The lowest BCUT2D eigenvalue weighted by molar-refractivity contribution is 0.635. The zero-order chi connectivity index (χ0) is 31.5.